The van der Waals surface area contributed by atoms with Crippen LogP contribution in [0, 0.1) is 6.92 Å². The number of rotatable bonds is 3. The first-order valence-electron chi connectivity index (χ1n) is 12.6. The normalized spacial score (nSPS) is 11.4. The summed E-state index contributed by atoms with van der Waals surface area (Å²) >= 11 is 0. The van der Waals surface area contributed by atoms with Gasteiger partial charge in [-0.3, -0.25) is 0 Å². The molecule has 1 aromatic heterocycles. The maximum atomic E-state index is 5.35. The lowest BCUT2D eigenvalue weighted by molar-refractivity contribution is 1.31. The van der Waals surface area contributed by atoms with E-state index >= 15 is 0 Å². The van der Waals surface area contributed by atoms with E-state index in [-0.39, 0.29) is 0 Å². The van der Waals surface area contributed by atoms with Crippen molar-refractivity contribution < 1.29 is 0 Å². The van der Waals surface area contributed by atoms with Gasteiger partial charge in [0.2, 0.25) is 0 Å². The summed E-state index contributed by atoms with van der Waals surface area (Å²) in [5.41, 5.74) is 9.45. The van der Waals surface area contributed by atoms with Crippen LogP contribution in [0.1, 0.15) is 5.56 Å². The minimum Gasteiger partial charge on any atom is -0.243 e. The van der Waals surface area contributed by atoms with Crippen molar-refractivity contribution >= 4 is 32.6 Å². The van der Waals surface area contributed by atoms with Gasteiger partial charge in [0.1, 0.15) is 0 Å². The van der Waals surface area contributed by atoms with Gasteiger partial charge in [0.05, 0.1) is 22.4 Å². The van der Waals surface area contributed by atoms with Crippen molar-refractivity contribution in [1.29, 1.82) is 0 Å². The Labute approximate surface area is 215 Å². The standard InChI is InChI=1S/C35H24N2/c1-23-15-17-24(18-16-23)25-19-21-27(22-20-25)33-32(26-9-3-2-4-10-26)36-34-30-13-7-5-11-28(30)29-12-6-8-14-31(29)35(34)37-33/h2-22H,1H3. The Hall–Kier alpha value is -4.82. The first-order valence-corrected chi connectivity index (χ1v) is 12.6. The van der Waals surface area contributed by atoms with Gasteiger partial charge in [0.15, 0.2) is 0 Å². The maximum Gasteiger partial charge on any atom is 0.0979 e. The Kier molecular flexibility index (Phi) is 5.04. The molecule has 0 spiro atoms. The van der Waals surface area contributed by atoms with Gasteiger partial charge < -0.3 is 0 Å². The summed E-state index contributed by atoms with van der Waals surface area (Å²) < 4.78 is 0. The van der Waals surface area contributed by atoms with Crippen LogP contribution in [0.25, 0.3) is 66.2 Å². The van der Waals surface area contributed by atoms with Crippen LogP contribution in [-0.2, 0) is 0 Å². The van der Waals surface area contributed by atoms with E-state index in [0.717, 1.165) is 44.3 Å². The number of aryl methyl sites for hydroxylation is 1. The predicted octanol–water partition coefficient (Wildman–Crippen LogP) is 9.25. The number of nitrogens with zero attached hydrogens (tertiary/aromatic N) is 2. The molecule has 0 saturated heterocycles. The second kappa shape index (κ2) is 8.69. The zero-order valence-electron chi connectivity index (χ0n) is 20.5. The molecule has 0 unspecified atom stereocenters. The molecule has 174 valence electrons. The van der Waals surface area contributed by atoms with Crippen LogP contribution in [0.5, 0.6) is 0 Å². The van der Waals surface area contributed by atoms with Crippen molar-refractivity contribution in [2.75, 3.05) is 0 Å². The van der Waals surface area contributed by atoms with Crippen LogP contribution >= 0.6 is 0 Å². The quantitative estimate of drug-likeness (QED) is 0.240. The molecular formula is C35H24N2. The number of benzene rings is 6. The third-order valence-corrected chi connectivity index (χ3v) is 7.14. The van der Waals surface area contributed by atoms with Crippen LogP contribution in [-0.4, -0.2) is 9.97 Å². The molecule has 0 radical (unpaired) electrons. The largest absolute Gasteiger partial charge is 0.243 e. The second-order valence-electron chi connectivity index (χ2n) is 9.52. The zero-order chi connectivity index (χ0) is 24.8. The lowest BCUT2D eigenvalue weighted by atomic mass is 9.97. The van der Waals surface area contributed by atoms with E-state index in [9.17, 15) is 0 Å². The molecule has 0 saturated carbocycles. The van der Waals surface area contributed by atoms with Crippen molar-refractivity contribution in [3.63, 3.8) is 0 Å². The summed E-state index contributed by atoms with van der Waals surface area (Å²) in [5, 5.41) is 4.66. The third-order valence-electron chi connectivity index (χ3n) is 7.14. The fraction of sp³-hybridized carbons (Fsp3) is 0.0286. The molecule has 0 N–H and O–H groups in total. The fourth-order valence-electron chi connectivity index (χ4n) is 5.23. The van der Waals surface area contributed by atoms with Crippen LogP contribution in [0.2, 0.25) is 0 Å². The molecule has 0 fully saturated rings. The third kappa shape index (κ3) is 3.66. The molecule has 2 nitrogen and oxygen atoms in total. The zero-order valence-corrected chi connectivity index (χ0v) is 20.5. The van der Waals surface area contributed by atoms with Gasteiger partial charge in [-0.05, 0) is 28.8 Å². The molecule has 0 amide bonds. The average molecular weight is 473 g/mol. The predicted molar refractivity (Wildman–Crippen MR) is 156 cm³/mol. The van der Waals surface area contributed by atoms with Gasteiger partial charge in [0.25, 0.3) is 0 Å². The minimum atomic E-state index is 0.898. The van der Waals surface area contributed by atoms with Gasteiger partial charge >= 0.3 is 0 Å². The lowest BCUT2D eigenvalue weighted by Crippen LogP contribution is -1.97. The summed E-state index contributed by atoms with van der Waals surface area (Å²) in [6.45, 7) is 2.11. The molecule has 0 aliphatic carbocycles. The van der Waals surface area contributed by atoms with E-state index in [1.807, 2.05) is 6.07 Å². The number of fused-ring (bicyclic) bond motifs is 6. The topological polar surface area (TPSA) is 25.8 Å². The lowest BCUT2D eigenvalue weighted by Gasteiger charge is -2.15. The highest BCUT2D eigenvalue weighted by atomic mass is 14.8. The van der Waals surface area contributed by atoms with Crippen LogP contribution in [0.3, 0.4) is 0 Å². The number of hydrogen-bond acceptors (Lipinski definition) is 2. The van der Waals surface area contributed by atoms with Gasteiger partial charge in [0, 0.05) is 21.9 Å². The molecule has 37 heavy (non-hydrogen) atoms. The van der Waals surface area contributed by atoms with Crippen molar-refractivity contribution in [3.8, 4) is 33.6 Å². The molecule has 0 bridgehead atoms. The van der Waals surface area contributed by atoms with Gasteiger partial charge in [-0.2, -0.15) is 0 Å². The van der Waals surface area contributed by atoms with E-state index in [0.29, 0.717) is 0 Å². The summed E-state index contributed by atoms with van der Waals surface area (Å²) in [5.74, 6) is 0. The Balaban J connectivity index is 1.52. The van der Waals surface area contributed by atoms with Crippen LogP contribution in [0.4, 0.5) is 0 Å². The first-order chi connectivity index (χ1) is 18.3. The highest BCUT2D eigenvalue weighted by molar-refractivity contribution is 6.23. The first kappa shape index (κ1) is 21.5. The molecule has 7 aromatic rings. The van der Waals surface area contributed by atoms with Crippen molar-refractivity contribution in [3.05, 3.63) is 133 Å². The average Bonchev–Trinajstić information content (AvgIpc) is 2.98. The highest BCUT2D eigenvalue weighted by Crippen LogP contribution is 2.38. The molecule has 6 aromatic carbocycles. The number of hydrogen-bond donors (Lipinski definition) is 0. The SMILES string of the molecule is Cc1ccc(-c2ccc(-c3nc4c5ccccc5c5ccccc5c4nc3-c3ccccc3)cc2)cc1. The van der Waals surface area contributed by atoms with Gasteiger partial charge in [-0.1, -0.05) is 133 Å². The molecule has 1 heterocycles. The Morgan fingerprint density at radius 1 is 0.351 bits per heavy atom. The van der Waals surface area contributed by atoms with Crippen LogP contribution < -0.4 is 0 Å². The second-order valence-corrected chi connectivity index (χ2v) is 9.52. The molecule has 0 atom stereocenters. The monoisotopic (exact) mass is 472 g/mol. The fourth-order valence-corrected chi connectivity index (χ4v) is 5.23. The van der Waals surface area contributed by atoms with Crippen LogP contribution in [0.15, 0.2) is 127 Å². The minimum absolute atomic E-state index is 0.898. The highest BCUT2D eigenvalue weighted by Gasteiger charge is 2.17. The summed E-state index contributed by atoms with van der Waals surface area (Å²) in [4.78, 5) is 10.7. The molecule has 0 aliphatic heterocycles. The van der Waals surface area contributed by atoms with E-state index in [1.165, 1.54) is 27.5 Å². The summed E-state index contributed by atoms with van der Waals surface area (Å²) in [6.07, 6.45) is 0. The van der Waals surface area contributed by atoms with Crippen molar-refractivity contribution in [2.24, 2.45) is 0 Å². The van der Waals surface area contributed by atoms with Crippen molar-refractivity contribution in [2.45, 2.75) is 6.92 Å². The molecule has 7 rings (SSSR count). The molecule has 2 heteroatoms. The van der Waals surface area contributed by atoms with Gasteiger partial charge in [-0.25, -0.2) is 9.97 Å². The molecule has 0 aliphatic rings. The Morgan fingerprint density at radius 3 is 1.24 bits per heavy atom. The smallest absolute Gasteiger partial charge is 0.0979 e. The maximum absolute atomic E-state index is 5.35. The summed E-state index contributed by atoms with van der Waals surface area (Å²) in [7, 11) is 0. The summed E-state index contributed by atoms with van der Waals surface area (Å²) in [6, 6.07) is 44.8. The Bertz CT molecular complexity index is 1900. The molecular weight excluding hydrogens is 448 g/mol. The number of aromatic nitrogens is 2. The van der Waals surface area contributed by atoms with E-state index in [1.54, 1.807) is 0 Å². The van der Waals surface area contributed by atoms with E-state index in [4.69, 9.17) is 9.97 Å². The van der Waals surface area contributed by atoms with Crippen molar-refractivity contribution in [1.82, 2.24) is 9.97 Å². The Morgan fingerprint density at radius 2 is 0.730 bits per heavy atom. The van der Waals surface area contributed by atoms with Gasteiger partial charge in [-0.15, -0.1) is 0 Å². The van der Waals surface area contributed by atoms with E-state index in [2.05, 4.69) is 128 Å². The van der Waals surface area contributed by atoms with E-state index < -0.39 is 0 Å².